The minimum atomic E-state index is -0.168. The molecule has 6 heteroatoms. The number of benzene rings is 2. The summed E-state index contributed by atoms with van der Waals surface area (Å²) in [5, 5.41) is 10.4. The van der Waals surface area contributed by atoms with Gasteiger partial charge in [-0.15, -0.1) is 0 Å². The molecule has 2 aromatic rings. The Morgan fingerprint density at radius 1 is 1.08 bits per heavy atom. The Bertz CT molecular complexity index is 772. The number of rotatable bonds is 5. The number of carbonyl (C=O) groups is 1. The van der Waals surface area contributed by atoms with Crippen molar-refractivity contribution in [1.29, 1.82) is 0 Å². The first-order valence-corrected chi connectivity index (χ1v) is 9.43. The number of carbonyl (C=O) groups excluding carboxylic acids is 1. The number of ketones is 1. The third-order valence-electron chi connectivity index (χ3n) is 4.94. The quantitative estimate of drug-likeness (QED) is 0.784. The minimum absolute atomic E-state index is 0.0583. The van der Waals surface area contributed by atoms with Gasteiger partial charge in [-0.05, 0) is 48.9 Å². The van der Waals surface area contributed by atoms with Crippen LogP contribution in [-0.2, 0) is 6.61 Å². The van der Waals surface area contributed by atoms with Crippen molar-refractivity contribution in [3.05, 3.63) is 63.6 Å². The average molecular weight is 393 g/mol. The van der Waals surface area contributed by atoms with E-state index in [2.05, 4.69) is 9.80 Å². The fraction of sp³-hybridized carbons (Fsp3) is 0.350. The van der Waals surface area contributed by atoms with Crippen molar-refractivity contribution in [2.45, 2.75) is 19.6 Å². The van der Waals surface area contributed by atoms with Gasteiger partial charge in [0.1, 0.15) is 0 Å². The van der Waals surface area contributed by atoms with E-state index in [0.29, 0.717) is 15.6 Å². The predicted octanol–water partition coefficient (Wildman–Crippen LogP) is 3.88. The van der Waals surface area contributed by atoms with Gasteiger partial charge >= 0.3 is 0 Å². The van der Waals surface area contributed by atoms with Gasteiger partial charge in [-0.3, -0.25) is 9.69 Å². The zero-order chi connectivity index (χ0) is 18.7. The van der Waals surface area contributed by atoms with Gasteiger partial charge in [-0.2, -0.15) is 0 Å². The SMILES string of the molecule is CC(C(=O)c1ccc(Cl)cc1)N1CCN(c2ccc(CO)c(Cl)c2)CC1. The number of aliphatic hydroxyl groups is 1. The number of anilines is 1. The molecule has 0 aliphatic carbocycles. The van der Waals surface area contributed by atoms with E-state index < -0.39 is 0 Å². The number of Topliss-reactive ketones (excluding diaryl/α,β-unsaturated/α-hetero) is 1. The molecule has 0 saturated carbocycles. The molecule has 3 rings (SSSR count). The Morgan fingerprint density at radius 2 is 1.73 bits per heavy atom. The van der Waals surface area contributed by atoms with Crippen LogP contribution >= 0.6 is 23.2 Å². The van der Waals surface area contributed by atoms with Crippen molar-refractivity contribution in [3.8, 4) is 0 Å². The molecular weight excluding hydrogens is 371 g/mol. The number of piperazine rings is 1. The highest BCUT2D eigenvalue weighted by Crippen LogP contribution is 2.25. The molecule has 1 aliphatic heterocycles. The largest absolute Gasteiger partial charge is 0.392 e. The van der Waals surface area contributed by atoms with Gasteiger partial charge < -0.3 is 10.0 Å². The molecule has 0 amide bonds. The molecular formula is C20H22Cl2N2O2. The second kappa shape index (κ2) is 8.40. The molecule has 1 unspecified atom stereocenters. The zero-order valence-electron chi connectivity index (χ0n) is 14.7. The Morgan fingerprint density at radius 3 is 2.31 bits per heavy atom. The van der Waals surface area contributed by atoms with Crippen LogP contribution in [0.3, 0.4) is 0 Å². The molecule has 0 spiro atoms. The summed E-state index contributed by atoms with van der Waals surface area (Å²) < 4.78 is 0. The van der Waals surface area contributed by atoms with Crippen LogP contribution in [0.5, 0.6) is 0 Å². The maximum atomic E-state index is 12.7. The first kappa shape index (κ1) is 19.2. The van der Waals surface area contributed by atoms with Gasteiger partial charge in [0.15, 0.2) is 5.78 Å². The molecule has 0 radical (unpaired) electrons. The second-order valence-corrected chi connectivity index (χ2v) is 7.35. The third kappa shape index (κ3) is 4.21. The zero-order valence-corrected chi connectivity index (χ0v) is 16.2. The fourth-order valence-corrected chi connectivity index (χ4v) is 3.61. The second-order valence-electron chi connectivity index (χ2n) is 6.50. The highest BCUT2D eigenvalue weighted by Gasteiger charge is 2.26. The van der Waals surface area contributed by atoms with Crippen LogP contribution in [0.4, 0.5) is 5.69 Å². The van der Waals surface area contributed by atoms with E-state index in [9.17, 15) is 9.90 Å². The standard InChI is InChI=1S/C20H22Cl2N2O2/c1-14(20(26)15-2-5-17(21)6-3-15)23-8-10-24(11-9-23)18-7-4-16(13-25)19(22)12-18/h2-7,12,14,25H,8-11,13H2,1H3. The van der Waals surface area contributed by atoms with E-state index in [1.807, 2.05) is 25.1 Å². The van der Waals surface area contributed by atoms with Crippen LogP contribution in [0.25, 0.3) is 0 Å². The van der Waals surface area contributed by atoms with Crippen LogP contribution in [0, 0.1) is 0 Å². The summed E-state index contributed by atoms with van der Waals surface area (Å²) in [5.74, 6) is 0.116. The summed E-state index contributed by atoms with van der Waals surface area (Å²) in [6, 6.07) is 12.6. The maximum Gasteiger partial charge on any atom is 0.179 e. The van der Waals surface area contributed by atoms with E-state index in [-0.39, 0.29) is 18.4 Å². The van der Waals surface area contributed by atoms with Gasteiger partial charge in [0.25, 0.3) is 0 Å². The van der Waals surface area contributed by atoms with Crippen molar-refractivity contribution in [3.63, 3.8) is 0 Å². The van der Waals surface area contributed by atoms with Crippen molar-refractivity contribution in [2.24, 2.45) is 0 Å². The fourth-order valence-electron chi connectivity index (χ4n) is 3.25. The van der Waals surface area contributed by atoms with Gasteiger partial charge in [-0.1, -0.05) is 29.3 Å². The van der Waals surface area contributed by atoms with Crippen LogP contribution in [0.1, 0.15) is 22.8 Å². The Labute approximate surface area is 163 Å². The third-order valence-corrected chi connectivity index (χ3v) is 5.55. The van der Waals surface area contributed by atoms with E-state index in [4.69, 9.17) is 23.2 Å². The molecule has 26 heavy (non-hydrogen) atoms. The first-order valence-electron chi connectivity index (χ1n) is 8.67. The summed E-state index contributed by atoms with van der Waals surface area (Å²) in [6.07, 6.45) is 0. The topological polar surface area (TPSA) is 43.8 Å². The van der Waals surface area contributed by atoms with Crippen molar-refractivity contribution >= 4 is 34.7 Å². The lowest BCUT2D eigenvalue weighted by molar-refractivity contribution is 0.0830. The van der Waals surface area contributed by atoms with Crippen molar-refractivity contribution in [2.75, 3.05) is 31.1 Å². The lowest BCUT2D eigenvalue weighted by Crippen LogP contribution is -2.51. The van der Waals surface area contributed by atoms with Crippen molar-refractivity contribution in [1.82, 2.24) is 4.90 Å². The summed E-state index contributed by atoms with van der Waals surface area (Å²) in [6.45, 7) is 5.16. The molecule has 2 aromatic carbocycles. The summed E-state index contributed by atoms with van der Waals surface area (Å²) in [7, 11) is 0. The maximum absolute atomic E-state index is 12.7. The summed E-state index contributed by atoms with van der Waals surface area (Å²) in [5.41, 5.74) is 2.47. The van der Waals surface area contributed by atoms with E-state index in [0.717, 1.165) is 37.4 Å². The van der Waals surface area contributed by atoms with Gasteiger partial charge in [0.2, 0.25) is 0 Å². The van der Waals surface area contributed by atoms with Crippen LogP contribution in [0.2, 0.25) is 10.0 Å². The molecule has 1 atom stereocenters. The summed E-state index contributed by atoms with van der Waals surface area (Å²) in [4.78, 5) is 17.1. The highest BCUT2D eigenvalue weighted by atomic mass is 35.5. The number of halogens is 2. The average Bonchev–Trinajstić information content (AvgIpc) is 2.67. The predicted molar refractivity (Wildman–Crippen MR) is 106 cm³/mol. The molecule has 1 saturated heterocycles. The Hall–Kier alpha value is -1.59. The molecule has 0 bridgehead atoms. The van der Waals surface area contributed by atoms with Gasteiger partial charge in [0, 0.05) is 47.5 Å². The molecule has 0 aromatic heterocycles. The van der Waals surface area contributed by atoms with E-state index in [1.54, 1.807) is 24.3 Å². The molecule has 4 nitrogen and oxygen atoms in total. The Balaban J connectivity index is 1.61. The molecule has 138 valence electrons. The molecule has 1 aliphatic rings. The van der Waals surface area contributed by atoms with Crippen LogP contribution in [-0.4, -0.2) is 48.0 Å². The normalized spacial score (nSPS) is 16.5. The lowest BCUT2D eigenvalue weighted by Gasteiger charge is -2.38. The number of hydrogen-bond acceptors (Lipinski definition) is 4. The summed E-state index contributed by atoms with van der Waals surface area (Å²) >= 11 is 12.1. The van der Waals surface area contributed by atoms with Crippen LogP contribution < -0.4 is 4.90 Å². The van der Waals surface area contributed by atoms with Crippen LogP contribution in [0.15, 0.2) is 42.5 Å². The molecule has 1 heterocycles. The van der Waals surface area contributed by atoms with Gasteiger partial charge in [-0.25, -0.2) is 0 Å². The van der Waals surface area contributed by atoms with Crippen molar-refractivity contribution < 1.29 is 9.90 Å². The minimum Gasteiger partial charge on any atom is -0.392 e. The number of aliphatic hydroxyl groups excluding tert-OH is 1. The number of nitrogens with zero attached hydrogens (tertiary/aromatic N) is 2. The highest BCUT2D eigenvalue weighted by molar-refractivity contribution is 6.31. The van der Waals surface area contributed by atoms with E-state index in [1.165, 1.54) is 0 Å². The van der Waals surface area contributed by atoms with E-state index >= 15 is 0 Å². The van der Waals surface area contributed by atoms with Gasteiger partial charge in [0.05, 0.1) is 12.6 Å². The number of hydrogen-bond donors (Lipinski definition) is 1. The Kier molecular flexibility index (Phi) is 6.20. The molecule has 1 N–H and O–H groups in total. The smallest absolute Gasteiger partial charge is 0.179 e. The lowest BCUT2D eigenvalue weighted by atomic mass is 10.0. The monoisotopic (exact) mass is 392 g/mol. The molecule has 1 fully saturated rings. The first-order chi connectivity index (χ1) is 12.5.